The van der Waals surface area contributed by atoms with Gasteiger partial charge in [-0.05, 0) is 79.5 Å². The van der Waals surface area contributed by atoms with E-state index in [1.807, 2.05) is 31.4 Å². The van der Waals surface area contributed by atoms with Gasteiger partial charge in [-0.15, -0.1) is 0 Å². The predicted molar refractivity (Wildman–Crippen MR) is 150 cm³/mol. The van der Waals surface area contributed by atoms with Gasteiger partial charge in [0.1, 0.15) is 5.82 Å². The molecule has 3 atom stereocenters. The van der Waals surface area contributed by atoms with Crippen LogP contribution in [0.2, 0.25) is 0 Å². The lowest BCUT2D eigenvalue weighted by atomic mass is 9.97. The fraction of sp³-hybridized carbons (Fsp3) is 0.517. The molecule has 37 heavy (non-hydrogen) atoms. The smallest absolute Gasteiger partial charge is 0.252 e. The average Bonchev–Trinajstić information content (AvgIpc) is 3.38. The Morgan fingerprint density at radius 3 is 2.65 bits per heavy atom. The van der Waals surface area contributed by atoms with E-state index < -0.39 is 6.04 Å². The molecule has 0 aromatic heterocycles. The first-order valence-corrected chi connectivity index (χ1v) is 14.5. The van der Waals surface area contributed by atoms with Gasteiger partial charge in [-0.25, -0.2) is 4.39 Å². The monoisotopic (exact) mass is 529 g/mol. The molecule has 1 saturated heterocycles. The van der Waals surface area contributed by atoms with Crippen LogP contribution in [0.5, 0.6) is 0 Å². The average molecular weight is 530 g/mol. The number of Topliss-reactive ketones (excluding diaryl/α,β-unsaturated/α-hetero) is 1. The second kappa shape index (κ2) is 15.1. The van der Waals surface area contributed by atoms with Gasteiger partial charge in [0.25, 0.3) is 5.91 Å². The van der Waals surface area contributed by atoms with Gasteiger partial charge in [-0.3, -0.25) is 9.59 Å². The zero-order valence-electron chi connectivity index (χ0n) is 22.1. The second-order valence-corrected chi connectivity index (χ2v) is 10.6. The van der Waals surface area contributed by atoms with Crippen LogP contribution in [0.25, 0.3) is 0 Å². The van der Waals surface area contributed by atoms with Gasteiger partial charge in [0.15, 0.2) is 5.78 Å². The molecule has 3 N–H and O–H groups in total. The summed E-state index contributed by atoms with van der Waals surface area (Å²) in [4.78, 5) is 26.2. The Labute approximate surface area is 224 Å². The Hall–Kier alpha value is -2.42. The summed E-state index contributed by atoms with van der Waals surface area (Å²) in [5.41, 5.74) is 3.34. The normalized spacial score (nSPS) is 17.9. The molecule has 8 heteroatoms. The minimum atomic E-state index is -0.491. The van der Waals surface area contributed by atoms with Gasteiger partial charge in [0.05, 0.1) is 12.1 Å². The first-order valence-electron chi connectivity index (χ1n) is 13.1. The van der Waals surface area contributed by atoms with Gasteiger partial charge in [0.2, 0.25) is 0 Å². The van der Waals surface area contributed by atoms with Gasteiger partial charge in [0, 0.05) is 43.9 Å². The van der Waals surface area contributed by atoms with E-state index in [2.05, 4.69) is 16.0 Å². The van der Waals surface area contributed by atoms with Gasteiger partial charge < -0.3 is 20.7 Å². The minimum absolute atomic E-state index is 0.0760. The number of ketones is 1. The van der Waals surface area contributed by atoms with Crippen LogP contribution in [0.3, 0.4) is 0 Å². The van der Waals surface area contributed by atoms with Crippen molar-refractivity contribution >= 4 is 29.1 Å². The highest BCUT2D eigenvalue weighted by molar-refractivity contribution is 7.98. The maximum Gasteiger partial charge on any atom is 0.252 e. The van der Waals surface area contributed by atoms with Crippen molar-refractivity contribution in [2.24, 2.45) is 0 Å². The molecule has 0 unspecified atom stereocenters. The number of ether oxygens (including phenoxy) is 1. The summed E-state index contributed by atoms with van der Waals surface area (Å²) in [5.74, 6) is 0.385. The molecule has 1 aliphatic heterocycles. The molecule has 2 aromatic carbocycles. The molecule has 2 aromatic rings. The molecule has 0 spiro atoms. The third kappa shape index (κ3) is 9.13. The fourth-order valence-electron chi connectivity index (χ4n) is 4.61. The Bertz CT molecular complexity index is 1020. The molecule has 3 rings (SSSR count). The first-order chi connectivity index (χ1) is 17.9. The van der Waals surface area contributed by atoms with E-state index in [9.17, 15) is 14.0 Å². The van der Waals surface area contributed by atoms with Crippen LogP contribution in [-0.4, -0.2) is 62.1 Å². The Balaban J connectivity index is 1.77. The number of aryl methyl sites for hydroxylation is 2. The van der Waals surface area contributed by atoms with E-state index in [1.54, 1.807) is 31.0 Å². The summed E-state index contributed by atoms with van der Waals surface area (Å²) in [6, 6.07) is 12.1. The van der Waals surface area contributed by atoms with Crippen molar-refractivity contribution in [1.82, 2.24) is 10.6 Å². The highest BCUT2D eigenvalue weighted by atomic mass is 32.2. The summed E-state index contributed by atoms with van der Waals surface area (Å²) in [7, 11) is 1.73. The molecule has 6 nitrogen and oxygen atoms in total. The van der Waals surface area contributed by atoms with Crippen molar-refractivity contribution in [3.8, 4) is 0 Å². The number of methoxy groups -OCH3 is 1. The van der Waals surface area contributed by atoms with Crippen LogP contribution < -0.4 is 16.0 Å². The summed E-state index contributed by atoms with van der Waals surface area (Å²) in [5, 5.41) is 9.94. The van der Waals surface area contributed by atoms with Crippen LogP contribution >= 0.6 is 11.8 Å². The Kier molecular flexibility index (Phi) is 11.9. The Morgan fingerprint density at radius 2 is 1.97 bits per heavy atom. The number of halogens is 1. The van der Waals surface area contributed by atoms with Crippen LogP contribution in [0.1, 0.15) is 54.1 Å². The number of hydrogen-bond acceptors (Lipinski definition) is 6. The number of amides is 1. The molecular weight excluding hydrogens is 489 g/mol. The molecule has 0 radical (unpaired) electrons. The third-order valence-electron chi connectivity index (χ3n) is 6.82. The van der Waals surface area contributed by atoms with Crippen molar-refractivity contribution in [3.05, 3.63) is 65.0 Å². The maximum atomic E-state index is 13.5. The first kappa shape index (κ1) is 29.1. The fourth-order valence-corrected chi connectivity index (χ4v) is 5.08. The van der Waals surface area contributed by atoms with E-state index in [4.69, 9.17) is 4.74 Å². The van der Waals surface area contributed by atoms with Crippen molar-refractivity contribution in [2.45, 2.75) is 63.6 Å². The van der Waals surface area contributed by atoms with E-state index in [1.165, 1.54) is 12.1 Å². The quantitative estimate of drug-likeness (QED) is 0.313. The van der Waals surface area contributed by atoms with Crippen LogP contribution in [-0.2, 0) is 22.4 Å². The number of benzene rings is 2. The molecule has 0 saturated carbocycles. The molecular formula is C29H40FN3O3S. The highest BCUT2D eigenvalue weighted by Gasteiger charge is 2.24. The molecule has 1 heterocycles. The second-order valence-electron chi connectivity index (χ2n) is 9.60. The molecule has 0 bridgehead atoms. The summed E-state index contributed by atoms with van der Waals surface area (Å²) in [6.07, 6.45) is 6.29. The van der Waals surface area contributed by atoms with E-state index in [-0.39, 0.29) is 23.6 Å². The topological polar surface area (TPSA) is 79.5 Å². The lowest BCUT2D eigenvalue weighted by Crippen LogP contribution is -2.41. The lowest BCUT2D eigenvalue weighted by molar-refractivity contribution is -0.121. The highest BCUT2D eigenvalue weighted by Crippen LogP contribution is 2.20. The van der Waals surface area contributed by atoms with Crippen molar-refractivity contribution < 1.29 is 18.7 Å². The molecule has 1 fully saturated rings. The number of anilines is 1. The van der Waals surface area contributed by atoms with Crippen molar-refractivity contribution in [3.63, 3.8) is 0 Å². The lowest BCUT2D eigenvalue weighted by Gasteiger charge is -2.20. The zero-order chi connectivity index (χ0) is 26.6. The number of hydrogen-bond donors (Lipinski definition) is 3. The predicted octanol–water partition coefficient (Wildman–Crippen LogP) is 4.62. The summed E-state index contributed by atoms with van der Waals surface area (Å²) >= 11 is 1.67. The van der Waals surface area contributed by atoms with E-state index >= 15 is 0 Å². The molecule has 202 valence electrons. The maximum absolute atomic E-state index is 13.5. The number of thioether (sulfide) groups is 1. The SMILES string of the molecule is CCCC(=O)[C@H](CCSC)NC(=O)c1cc(NC[C@@H]2C[C@H](OC)CN2)ccc1CCc1ccc(F)cc1. The van der Waals surface area contributed by atoms with Gasteiger partial charge >= 0.3 is 0 Å². The number of carbonyl (C=O) groups is 2. The largest absolute Gasteiger partial charge is 0.383 e. The van der Waals surface area contributed by atoms with Crippen molar-refractivity contribution in [2.75, 3.05) is 37.5 Å². The minimum Gasteiger partial charge on any atom is -0.383 e. The van der Waals surface area contributed by atoms with Crippen LogP contribution in [0.15, 0.2) is 42.5 Å². The third-order valence-corrected chi connectivity index (χ3v) is 7.46. The standard InChI is InChI=1S/C29H40FN3O3S/c1-4-5-28(34)27(14-15-37-3)33-29(35)26-17-23(31-18-24-16-25(36-2)19-32-24)13-10-21(26)9-6-20-7-11-22(30)12-8-20/h7-8,10-13,17,24-25,27,31-32H,4-6,9,14-16,18-19H2,1-3H3,(H,33,35)/t24-,25-,27-/m0/s1. The Morgan fingerprint density at radius 1 is 1.19 bits per heavy atom. The van der Waals surface area contributed by atoms with Crippen LogP contribution in [0.4, 0.5) is 10.1 Å². The van der Waals surface area contributed by atoms with E-state index in [0.29, 0.717) is 37.3 Å². The number of rotatable bonds is 15. The summed E-state index contributed by atoms with van der Waals surface area (Å²) in [6.45, 7) is 3.53. The molecule has 1 amide bonds. The number of nitrogens with one attached hydrogen (secondary N) is 3. The van der Waals surface area contributed by atoms with Crippen molar-refractivity contribution in [1.29, 1.82) is 0 Å². The zero-order valence-corrected chi connectivity index (χ0v) is 23.0. The van der Waals surface area contributed by atoms with Gasteiger partial charge in [-0.1, -0.05) is 25.1 Å². The van der Waals surface area contributed by atoms with E-state index in [0.717, 1.165) is 48.5 Å². The van der Waals surface area contributed by atoms with Gasteiger partial charge in [-0.2, -0.15) is 11.8 Å². The number of carbonyl (C=O) groups excluding carboxylic acids is 2. The summed E-state index contributed by atoms with van der Waals surface area (Å²) < 4.78 is 18.8. The molecule has 0 aliphatic carbocycles. The molecule has 1 aliphatic rings. The van der Waals surface area contributed by atoms with Crippen LogP contribution in [0, 0.1) is 5.82 Å².